The average Bonchev–Trinajstić information content (AvgIpc) is 2.16. The molecule has 78 valence electrons. The molecule has 5 heteroatoms. The molecule has 1 atom stereocenters. The number of rotatable bonds is 4. The van der Waals surface area contributed by atoms with Crippen molar-refractivity contribution >= 4 is 0 Å². The Balaban J connectivity index is 2.08. The molecule has 0 aliphatic carbocycles. The third kappa shape index (κ3) is 4.02. The number of hydrogen-bond acceptors (Lipinski definition) is 5. The summed E-state index contributed by atoms with van der Waals surface area (Å²) in [5.41, 5.74) is 0. The van der Waals surface area contributed by atoms with Gasteiger partial charge in [0.1, 0.15) is 6.10 Å². The topological polar surface area (TPSA) is 76.0 Å². The van der Waals surface area contributed by atoms with E-state index in [-0.39, 0.29) is 19.3 Å². The summed E-state index contributed by atoms with van der Waals surface area (Å²) in [6.07, 6.45) is 0.681. The van der Waals surface area contributed by atoms with E-state index < -0.39 is 6.10 Å². The van der Waals surface area contributed by atoms with Gasteiger partial charge >= 0.3 is 0 Å². The van der Waals surface area contributed by atoms with Crippen LogP contribution in [0.4, 0.5) is 0 Å². The van der Waals surface area contributed by atoms with E-state index in [2.05, 4.69) is 0 Å². The average molecular weight is 190 g/mol. The van der Waals surface area contributed by atoms with Gasteiger partial charge in [0, 0.05) is 0 Å². The summed E-state index contributed by atoms with van der Waals surface area (Å²) in [6, 6.07) is 0. The fourth-order valence-corrected chi connectivity index (χ4v) is 1.30. The van der Waals surface area contributed by atoms with Crippen molar-refractivity contribution in [1.82, 2.24) is 5.06 Å². The molecule has 0 aromatic heterocycles. The summed E-state index contributed by atoms with van der Waals surface area (Å²) in [5.74, 6) is 0. The second kappa shape index (κ2) is 5.51. The van der Waals surface area contributed by atoms with E-state index in [1.807, 2.05) is 0 Å². The molecule has 5 nitrogen and oxygen atoms in total. The Morgan fingerprint density at radius 1 is 1.46 bits per heavy atom. The number of hydrogen-bond donors (Lipinski definition) is 2. The molecule has 0 radical (unpaired) electrons. The van der Waals surface area contributed by atoms with Crippen LogP contribution in [-0.4, -0.2) is 53.8 Å². The van der Waals surface area contributed by atoms with Crippen molar-refractivity contribution < 1.29 is 14.9 Å². The normalized spacial score (nSPS) is 23.3. The van der Waals surface area contributed by atoms with Crippen LogP contribution in [0.3, 0.4) is 0 Å². The molecule has 1 heterocycles. The molecule has 0 aromatic carbocycles. The number of nitrogens with zero attached hydrogens (tertiary/aromatic N) is 1. The zero-order valence-electron chi connectivity index (χ0n) is 7.56. The van der Waals surface area contributed by atoms with E-state index in [0.29, 0.717) is 25.9 Å². The van der Waals surface area contributed by atoms with E-state index in [9.17, 15) is 5.21 Å². The van der Waals surface area contributed by atoms with Crippen molar-refractivity contribution in [3.8, 4) is 0 Å². The van der Waals surface area contributed by atoms with Crippen LogP contribution < -0.4 is 0 Å². The highest BCUT2D eigenvalue weighted by Gasteiger charge is 2.15. The summed E-state index contributed by atoms with van der Waals surface area (Å²) >= 11 is 0. The maximum Gasteiger partial charge on any atom is 0.100 e. The Morgan fingerprint density at radius 2 is 2.08 bits per heavy atom. The van der Waals surface area contributed by atoms with Crippen LogP contribution >= 0.6 is 0 Å². The molecule has 1 aliphatic heterocycles. The second-order valence-corrected chi connectivity index (χ2v) is 3.30. The molecule has 0 bridgehead atoms. The summed E-state index contributed by atoms with van der Waals surface area (Å²) < 4.78 is 5.31. The predicted octanol–water partition coefficient (Wildman–Crippen LogP) is -0.682. The van der Waals surface area contributed by atoms with Crippen molar-refractivity contribution in [2.24, 2.45) is 0 Å². The van der Waals surface area contributed by atoms with Crippen molar-refractivity contribution in [2.75, 3.05) is 26.3 Å². The van der Waals surface area contributed by atoms with Crippen LogP contribution in [0.5, 0.6) is 0 Å². The predicted molar refractivity (Wildman–Crippen MR) is 47.0 cm³/mol. The van der Waals surface area contributed by atoms with Crippen LogP contribution in [0.25, 0.3) is 0 Å². The van der Waals surface area contributed by atoms with Gasteiger partial charge in [0.05, 0.1) is 19.3 Å². The Hall–Kier alpha value is -0.200. The molecule has 0 spiro atoms. The number of aliphatic hydroxyl groups excluding tert-OH is 2. The number of aliphatic hydroxyl groups is 2. The third-order valence-corrected chi connectivity index (χ3v) is 2.14. The Kier molecular flexibility index (Phi) is 4.61. The number of piperidine rings is 1. The van der Waals surface area contributed by atoms with Crippen LogP contribution in [0, 0.1) is 5.21 Å². The summed E-state index contributed by atoms with van der Waals surface area (Å²) in [6.45, 7) is 0.875. The van der Waals surface area contributed by atoms with Crippen molar-refractivity contribution in [1.29, 1.82) is 0 Å². The minimum atomic E-state index is -0.801. The first kappa shape index (κ1) is 10.9. The fourth-order valence-electron chi connectivity index (χ4n) is 1.30. The van der Waals surface area contributed by atoms with E-state index in [1.54, 1.807) is 0 Å². The molecule has 1 aliphatic rings. The van der Waals surface area contributed by atoms with Gasteiger partial charge in [-0.2, -0.15) is 0 Å². The molecular weight excluding hydrogens is 174 g/mol. The van der Waals surface area contributed by atoms with Gasteiger partial charge in [-0.3, -0.25) is 0 Å². The van der Waals surface area contributed by atoms with E-state index in [1.165, 1.54) is 0 Å². The molecule has 0 amide bonds. The van der Waals surface area contributed by atoms with Crippen LogP contribution in [0.15, 0.2) is 0 Å². The van der Waals surface area contributed by atoms with Crippen molar-refractivity contribution in [2.45, 2.75) is 25.0 Å². The first-order chi connectivity index (χ1) is 6.22. The van der Waals surface area contributed by atoms with Crippen LogP contribution in [0.2, 0.25) is 0 Å². The highest BCUT2D eigenvalue weighted by Crippen LogP contribution is 2.12. The molecule has 0 aromatic rings. The van der Waals surface area contributed by atoms with Gasteiger partial charge in [-0.05, 0) is 25.9 Å². The molecule has 1 fully saturated rings. The summed E-state index contributed by atoms with van der Waals surface area (Å²) in [5, 5.41) is 29.3. The fraction of sp³-hybridized carbons (Fsp3) is 1.00. The molecule has 2 N–H and O–H groups in total. The first-order valence-electron chi connectivity index (χ1n) is 4.55. The first-order valence-corrected chi connectivity index (χ1v) is 4.55. The Bertz CT molecular complexity index is 136. The van der Waals surface area contributed by atoms with E-state index in [4.69, 9.17) is 14.9 Å². The van der Waals surface area contributed by atoms with Gasteiger partial charge in [0.15, 0.2) is 0 Å². The monoisotopic (exact) mass is 190 g/mol. The van der Waals surface area contributed by atoms with Gasteiger partial charge in [-0.1, -0.05) is 0 Å². The van der Waals surface area contributed by atoms with Crippen LogP contribution in [0.1, 0.15) is 12.8 Å². The van der Waals surface area contributed by atoms with E-state index in [0.717, 1.165) is 5.06 Å². The number of hydroxylamine groups is 2. The largest absolute Gasteiger partial charge is 0.785 e. The lowest BCUT2D eigenvalue weighted by Crippen LogP contribution is -2.35. The quantitative estimate of drug-likeness (QED) is 0.614. The minimum absolute atomic E-state index is 0.0615. The smallest absolute Gasteiger partial charge is 0.100 e. The van der Waals surface area contributed by atoms with Gasteiger partial charge in [0.25, 0.3) is 0 Å². The summed E-state index contributed by atoms with van der Waals surface area (Å²) in [7, 11) is 0. The minimum Gasteiger partial charge on any atom is -0.785 e. The lowest BCUT2D eigenvalue weighted by Gasteiger charge is -2.36. The molecule has 1 unspecified atom stereocenters. The Labute approximate surface area is 77.5 Å². The summed E-state index contributed by atoms with van der Waals surface area (Å²) in [4.78, 5) is 0. The standard InChI is InChI=1S/C8H16NO4/c10-5-7(11)6-13-8-1-3-9(12)4-2-8/h7-8,10-11H,1-6H2/q-1. The maximum atomic E-state index is 10.8. The Morgan fingerprint density at radius 3 is 2.62 bits per heavy atom. The molecule has 0 saturated carbocycles. The zero-order valence-corrected chi connectivity index (χ0v) is 7.56. The third-order valence-electron chi connectivity index (χ3n) is 2.14. The lowest BCUT2D eigenvalue weighted by molar-refractivity contribution is -0.0446. The highest BCUT2D eigenvalue weighted by atomic mass is 16.5. The highest BCUT2D eigenvalue weighted by molar-refractivity contribution is 4.72. The van der Waals surface area contributed by atoms with Crippen LogP contribution in [-0.2, 0) is 4.74 Å². The second-order valence-electron chi connectivity index (χ2n) is 3.30. The lowest BCUT2D eigenvalue weighted by atomic mass is 10.1. The zero-order chi connectivity index (χ0) is 9.68. The molecule has 1 rings (SSSR count). The molecule has 13 heavy (non-hydrogen) atoms. The molecule has 1 saturated heterocycles. The maximum absolute atomic E-state index is 10.8. The number of ether oxygens (including phenoxy) is 1. The molecular formula is C8H16NO4-. The van der Waals surface area contributed by atoms with Crippen molar-refractivity contribution in [3.63, 3.8) is 0 Å². The van der Waals surface area contributed by atoms with Gasteiger partial charge in [-0.15, -0.1) is 0 Å². The van der Waals surface area contributed by atoms with Gasteiger partial charge in [0.2, 0.25) is 0 Å². The van der Waals surface area contributed by atoms with E-state index >= 15 is 0 Å². The van der Waals surface area contributed by atoms with Gasteiger partial charge < -0.3 is 25.2 Å². The SMILES string of the molecule is [O-]N1CCC(OCC(O)CO)CC1. The van der Waals surface area contributed by atoms with Crippen molar-refractivity contribution in [3.05, 3.63) is 5.21 Å². The van der Waals surface area contributed by atoms with Gasteiger partial charge in [-0.25, -0.2) is 0 Å².